The topological polar surface area (TPSA) is 12.9 Å². The third kappa shape index (κ3) is 1.68. The second-order valence-corrected chi connectivity index (χ2v) is 4.71. The van der Waals surface area contributed by atoms with Crippen LogP contribution in [0.3, 0.4) is 0 Å². The van der Waals surface area contributed by atoms with Crippen molar-refractivity contribution in [1.82, 2.24) is 4.98 Å². The molecule has 0 aliphatic rings. The summed E-state index contributed by atoms with van der Waals surface area (Å²) >= 11 is 7.80. The fourth-order valence-electron chi connectivity index (χ4n) is 1.38. The van der Waals surface area contributed by atoms with Crippen LogP contribution < -0.4 is 0 Å². The Labute approximate surface area is 92.4 Å². The summed E-state index contributed by atoms with van der Waals surface area (Å²) in [6, 6.07) is 6.05. The number of nitrogens with zero attached hydrogens (tertiary/aromatic N) is 1. The summed E-state index contributed by atoms with van der Waals surface area (Å²) in [7, 11) is 0. The lowest BCUT2D eigenvalue weighted by atomic mass is 10.1. The van der Waals surface area contributed by atoms with E-state index < -0.39 is 0 Å². The van der Waals surface area contributed by atoms with Gasteiger partial charge in [-0.2, -0.15) is 0 Å². The minimum Gasteiger partial charge on any atom is -0.244 e. The Hall–Kier alpha value is -0.860. The zero-order chi connectivity index (χ0) is 10.1. The quantitative estimate of drug-likeness (QED) is 0.710. The van der Waals surface area contributed by atoms with Gasteiger partial charge in [-0.1, -0.05) is 23.7 Å². The average molecular weight is 224 g/mol. The van der Waals surface area contributed by atoms with Gasteiger partial charge in [0.15, 0.2) is 0 Å². The molecule has 72 valence electrons. The van der Waals surface area contributed by atoms with Crippen LogP contribution in [-0.2, 0) is 0 Å². The predicted octanol–water partition coefficient (Wildman–Crippen LogP) is 4.08. The minimum atomic E-state index is 0.777. The summed E-state index contributed by atoms with van der Waals surface area (Å²) in [5.74, 6) is 0. The Morgan fingerprint density at radius 1 is 1.29 bits per heavy atom. The molecule has 0 aliphatic heterocycles. The third-order valence-electron chi connectivity index (χ3n) is 2.12. The van der Waals surface area contributed by atoms with E-state index in [2.05, 4.69) is 18.0 Å². The maximum Gasteiger partial charge on any atom is 0.0855 e. The molecular weight excluding hydrogens is 214 g/mol. The summed E-state index contributed by atoms with van der Waals surface area (Å²) < 4.78 is 0. The second-order valence-electron chi connectivity index (χ2n) is 3.24. The van der Waals surface area contributed by atoms with Gasteiger partial charge in [0.05, 0.1) is 16.2 Å². The maximum atomic E-state index is 6.16. The van der Waals surface area contributed by atoms with Crippen LogP contribution >= 0.6 is 22.9 Å². The molecule has 2 rings (SSSR count). The highest BCUT2D eigenvalue weighted by Gasteiger charge is 2.08. The molecule has 0 saturated carbocycles. The van der Waals surface area contributed by atoms with Crippen molar-refractivity contribution in [3.63, 3.8) is 0 Å². The number of rotatable bonds is 1. The van der Waals surface area contributed by atoms with E-state index in [-0.39, 0.29) is 0 Å². The van der Waals surface area contributed by atoms with Crippen LogP contribution in [0.5, 0.6) is 0 Å². The van der Waals surface area contributed by atoms with Crippen molar-refractivity contribution in [3.8, 4) is 11.3 Å². The molecule has 0 fully saturated rings. The number of aromatic nitrogens is 1. The number of hydrogen-bond acceptors (Lipinski definition) is 2. The first-order valence-corrected chi connectivity index (χ1v) is 5.61. The third-order valence-corrected chi connectivity index (χ3v) is 3.19. The van der Waals surface area contributed by atoms with Crippen molar-refractivity contribution < 1.29 is 0 Å². The normalized spacial score (nSPS) is 10.5. The predicted molar refractivity (Wildman–Crippen MR) is 62.0 cm³/mol. The first-order chi connectivity index (χ1) is 6.68. The molecule has 1 nitrogen and oxygen atoms in total. The molecule has 0 saturated heterocycles. The SMILES string of the molecule is Cc1ccc(-c2ncsc2C)c(Cl)c1. The molecule has 1 aromatic carbocycles. The molecule has 3 heteroatoms. The van der Waals surface area contributed by atoms with E-state index in [0.717, 1.165) is 16.3 Å². The molecule has 0 atom stereocenters. The van der Waals surface area contributed by atoms with Crippen LogP contribution in [-0.4, -0.2) is 4.98 Å². The van der Waals surface area contributed by atoms with Crippen LogP contribution in [0.1, 0.15) is 10.4 Å². The molecule has 0 radical (unpaired) electrons. The lowest BCUT2D eigenvalue weighted by Gasteiger charge is -2.03. The van der Waals surface area contributed by atoms with E-state index in [1.54, 1.807) is 11.3 Å². The van der Waals surface area contributed by atoms with Gasteiger partial charge in [0.25, 0.3) is 0 Å². The molecule has 0 spiro atoms. The Balaban J connectivity index is 2.58. The highest BCUT2D eigenvalue weighted by atomic mass is 35.5. The smallest absolute Gasteiger partial charge is 0.0855 e. The van der Waals surface area contributed by atoms with E-state index in [4.69, 9.17) is 11.6 Å². The standard InChI is InChI=1S/C11H10ClNS/c1-7-3-4-9(10(12)5-7)11-8(2)14-6-13-11/h3-6H,1-2H3. The van der Waals surface area contributed by atoms with Crippen LogP contribution in [0, 0.1) is 13.8 Å². The van der Waals surface area contributed by atoms with Crippen LogP contribution in [0.25, 0.3) is 11.3 Å². The summed E-state index contributed by atoms with van der Waals surface area (Å²) in [5.41, 5.74) is 5.04. The zero-order valence-electron chi connectivity index (χ0n) is 8.04. The van der Waals surface area contributed by atoms with Crippen molar-refractivity contribution in [2.24, 2.45) is 0 Å². The van der Waals surface area contributed by atoms with Crippen LogP contribution in [0.2, 0.25) is 5.02 Å². The molecule has 0 bridgehead atoms. The molecule has 1 aromatic heterocycles. The molecule has 14 heavy (non-hydrogen) atoms. The average Bonchev–Trinajstić information content (AvgIpc) is 2.52. The molecule has 1 heterocycles. The van der Waals surface area contributed by atoms with Gasteiger partial charge in [-0.25, -0.2) is 4.98 Å². The Kier molecular flexibility index (Phi) is 2.57. The van der Waals surface area contributed by atoms with E-state index in [1.807, 2.05) is 24.6 Å². The second kappa shape index (κ2) is 3.71. The van der Waals surface area contributed by atoms with Crippen molar-refractivity contribution in [2.75, 3.05) is 0 Å². The van der Waals surface area contributed by atoms with Crippen LogP contribution in [0.4, 0.5) is 0 Å². The lowest BCUT2D eigenvalue weighted by Crippen LogP contribution is -1.83. The van der Waals surface area contributed by atoms with E-state index in [1.165, 1.54) is 10.4 Å². The van der Waals surface area contributed by atoms with Crippen LogP contribution in [0.15, 0.2) is 23.7 Å². The largest absolute Gasteiger partial charge is 0.244 e. The van der Waals surface area contributed by atoms with E-state index in [0.29, 0.717) is 0 Å². The number of aryl methyl sites for hydroxylation is 2. The van der Waals surface area contributed by atoms with Crippen molar-refractivity contribution in [1.29, 1.82) is 0 Å². The Morgan fingerprint density at radius 3 is 2.64 bits per heavy atom. The Morgan fingerprint density at radius 2 is 2.07 bits per heavy atom. The molecule has 2 aromatic rings. The minimum absolute atomic E-state index is 0.777. The van der Waals surface area contributed by atoms with E-state index in [9.17, 15) is 0 Å². The summed E-state index contributed by atoms with van der Waals surface area (Å²) in [5, 5.41) is 0.777. The molecular formula is C11H10ClNS. The first kappa shape index (κ1) is 9.69. The zero-order valence-corrected chi connectivity index (χ0v) is 9.62. The van der Waals surface area contributed by atoms with Gasteiger partial charge >= 0.3 is 0 Å². The van der Waals surface area contributed by atoms with Gasteiger partial charge in [0, 0.05) is 10.4 Å². The maximum absolute atomic E-state index is 6.16. The summed E-state index contributed by atoms with van der Waals surface area (Å²) in [6.07, 6.45) is 0. The lowest BCUT2D eigenvalue weighted by molar-refractivity contribution is 1.36. The summed E-state index contributed by atoms with van der Waals surface area (Å²) in [4.78, 5) is 5.51. The highest BCUT2D eigenvalue weighted by Crippen LogP contribution is 2.31. The molecule has 0 aliphatic carbocycles. The van der Waals surface area contributed by atoms with Gasteiger partial charge in [0.2, 0.25) is 0 Å². The van der Waals surface area contributed by atoms with E-state index >= 15 is 0 Å². The monoisotopic (exact) mass is 223 g/mol. The number of halogens is 1. The van der Waals surface area contributed by atoms with Crippen molar-refractivity contribution in [2.45, 2.75) is 13.8 Å². The van der Waals surface area contributed by atoms with Gasteiger partial charge in [-0.3, -0.25) is 0 Å². The van der Waals surface area contributed by atoms with Gasteiger partial charge in [0.1, 0.15) is 0 Å². The van der Waals surface area contributed by atoms with Crippen molar-refractivity contribution >= 4 is 22.9 Å². The van der Waals surface area contributed by atoms with Gasteiger partial charge in [-0.05, 0) is 25.5 Å². The number of benzene rings is 1. The summed E-state index contributed by atoms with van der Waals surface area (Å²) in [6.45, 7) is 4.09. The van der Waals surface area contributed by atoms with Gasteiger partial charge in [-0.15, -0.1) is 11.3 Å². The van der Waals surface area contributed by atoms with Crippen molar-refractivity contribution in [3.05, 3.63) is 39.2 Å². The molecule has 0 amide bonds. The molecule has 0 unspecified atom stereocenters. The first-order valence-electron chi connectivity index (χ1n) is 4.35. The highest BCUT2D eigenvalue weighted by molar-refractivity contribution is 7.10. The fourth-order valence-corrected chi connectivity index (χ4v) is 2.29. The van der Waals surface area contributed by atoms with Gasteiger partial charge < -0.3 is 0 Å². The number of hydrogen-bond donors (Lipinski definition) is 0. The Bertz CT molecular complexity index is 462. The fraction of sp³-hybridized carbons (Fsp3) is 0.182. The molecule has 0 N–H and O–H groups in total. The number of thiazole rings is 1.